The molecule has 1 atom stereocenters. The molecular formula is C22H24ClFN4O3. The van der Waals surface area contributed by atoms with Crippen molar-refractivity contribution in [3.8, 4) is 11.5 Å². The van der Waals surface area contributed by atoms with Gasteiger partial charge in [0.1, 0.15) is 24.6 Å². The van der Waals surface area contributed by atoms with E-state index in [0.717, 1.165) is 31.6 Å². The lowest BCUT2D eigenvalue weighted by Crippen LogP contribution is -2.42. The van der Waals surface area contributed by atoms with Crippen LogP contribution < -0.4 is 14.8 Å². The summed E-state index contributed by atoms with van der Waals surface area (Å²) < 4.78 is 30.6. The largest absolute Gasteiger partial charge is 0.493 e. The molecule has 1 unspecified atom stereocenters. The number of morpholine rings is 1. The van der Waals surface area contributed by atoms with E-state index in [1.807, 2.05) is 12.1 Å². The Hall–Kier alpha value is -2.68. The van der Waals surface area contributed by atoms with Crippen LogP contribution in [0.2, 0.25) is 5.02 Å². The van der Waals surface area contributed by atoms with Crippen molar-refractivity contribution < 1.29 is 18.6 Å². The Morgan fingerprint density at radius 2 is 2.13 bits per heavy atom. The summed E-state index contributed by atoms with van der Waals surface area (Å²) in [6, 6.07) is 8.07. The molecule has 1 N–H and O–H groups in total. The first kappa shape index (κ1) is 21.5. The highest BCUT2D eigenvalue weighted by Gasteiger charge is 2.17. The average molecular weight is 447 g/mol. The molecule has 0 spiro atoms. The van der Waals surface area contributed by atoms with Gasteiger partial charge in [-0.2, -0.15) is 0 Å². The number of hydrogen-bond donors (Lipinski definition) is 1. The monoisotopic (exact) mass is 446 g/mol. The Kier molecular flexibility index (Phi) is 6.70. The van der Waals surface area contributed by atoms with Crippen molar-refractivity contribution in [3.63, 3.8) is 0 Å². The fraction of sp³-hybridized carbons (Fsp3) is 0.364. The van der Waals surface area contributed by atoms with E-state index in [1.165, 1.54) is 18.5 Å². The third-order valence-electron chi connectivity index (χ3n) is 5.09. The van der Waals surface area contributed by atoms with Crippen LogP contribution in [0.5, 0.6) is 11.5 Å². The zero-order valence-electron chi connectivity index (χ0n) is 17.4. The number of halogens is 2. The second-order valence-corrected chi connectivity index (χ2v) is 7.73. The third kappa shape index (κ3) is 5.15. The molecule has 0 amide bonds. The Morgan fingerprint density at radius 3 is 2.90 bits per heavy atom. The summed E-state index contributed by atoms with van der Waals surface area (Å²) >= 11 is 5.90. The van der Waals surface area contributed by atoms with Crippen molar-refractivity contribution in [2.45, 2.75) is 13.0 Å². The van der Waals surface area contributed by atoms with Crippen LogP contribution in [0.3, 0.4) is 0 Å². The maximum absolute atomic E-state index is 13.5. The number of rotatable bonds is 7. The number of benzene rings is 2. The molecule has 1 aliphatic rings. The summed E-state index contributed by atoms with van der Waals surface area (Å²) in [7, 11) is 1.60. The van der Waals surface area contributed by atoms with Gasteiger partial charge in [0, 0.05) is 36.8 Å². The quantitative estimate of drug-likeness (QED) is 0.581. The van der Waals surface area contributed by atoms with Gasteiger partial charge in [0.15, 0.2) is 11.5 Å². The lowest BCUT2D eigenvalue weighted by Gasteiger charge is -2.30. The van der Waals surface area contributed by atoms with Gasteiger partial charge < -0.3 is 19.5 Å². The van der Waals surface area contributed by atoms with E-state index in [-0.39, 0.29) is 11.1 Å². The van der Waals surface area contributed by atoms with Gasteiger partial charge >= 0.3 is 0 Å². The first-order valence-electron chi connectivity index (χ1n) is 10.0. The molecule has 3 aromatic rings. The average Bonchev–Trinajstić information content (AvgIpc) is 2.76. The lowest BCUT2D eigenvalue weighted by atomic mass is 10.2. The van der Waals surface area contributed by atoms with E-state index >= 15 is 0 Å². The topological polar surface area (TPSA) is 68.7 Å². The fourth-order valence-electron chi connectivity index (χ4n) is 3.52. The van der Waals surface area contributed by atoms with Crippen molar-refractivity contribution in [2.24, 2.45) is 0 Å². The molecule has 0 saturated carbocycles. The molecule has 2 aromatic carbocycles. The molecule has 31 heavy (non-hydrogen) atoms. The number of aromatic nitrogens is 2. The van der Waals surface area contributed by atoms with E-state index in [4.69, 9.17) is 25.8 Å². The Balaban J connectivity index is 1.55. The van der Waals surface area contributed by atoms with Crippen LogP contribution in [0.1, 0.15) is 6.92 Å². The first-order chi connectivity index (χ1) is 15.0. The van der Waals surface area contributed by atoms with E-state index in [2.05, 4.69) is 27.1 Å². The van der Waals surface area contributed by atoms with Gasteiger partial charge in [0.2, 0.25) is 0 Å². The van der Waals surface area contributed by atoms with Gasteiger partial charge in [0.25, 0.3) is 0 Å². The van der Waals surface area contributed by atoms with Crippen LogP contribution in [0, 0.1) is 5.82 Å². The van der Waals surface area contributed by atoms with E-state index < -0.39 is 5.82 Å². The molecule has 0 bridgehead atoms. The molecule has 1 aliphatic heterocycles. The summed E-state index contributed by atoms with van der Waals surface area (Å²) in [4.78, 5) is 11.0. The predicted molar refractivity (Wildman–Crippen MR) is 118 cm³/mol. The molecule has 7 nitrogen and oxygen atoms in total. The van der Waals surface area contributed by atoms with Gasteiger partial charge in [-0.3, -0.25) is 4.90 Å². The van der Waals surface area contributed by atoms with Crippen LogP contribution >= 0.6 is 11.6 Å². The van der Waals surface area contributed by atoms with Gasteiger partial charge in [-0.1, -0.05) is 11.6 Å². The lowest BCUT2D eigenvalue weighted by molar-refractivity contribution is -0.0214. The zero-order chi connectivity index (χ0) is 21.8. The fourth-order valence-corrected chi connectivity index (χ4v) is 3.71. The summed E-state index contributed by atoms with van der Waals surface area (Å²) in [5.74, 6) is 1.28. The second-order valence-electron chi connectivity index (χ2n) is 7.33. The highest BCUT2D eigenvalue weighted by Crippen LogP contribution is 2.35. The van der Waals surface area contributed by atoms with Crippen LogP contribution in [0.25, 0.3) is 10.9 Å². The molecule has 1 fully saturated rings. The zero-order valence-corrected chi connectivity index (χ0v) is 18.2. The van der Waals surface area contributed by atoms with Gasteiger partial charge in [-0.25, -0.2) is 14.4 Å². The van der Waals surface area contributed by atoms with Crippen LogP contribution in [0.15, 0.2) is 36.7 Å². The van der Waals surface area contributed by atoms with Crippen molar-refractivity contribution in [1.82, 2.24) is 14.9 Å². The van der Waals surface area contributed by atoms with Crippen molar-refractivity contribution in [2.75, 3.05) is 45.3 Å². The Labute approximate surface area is 185 Å². The number of hydrogen-bond acceptors (Lipinski definition) is 7. The van der Waals surface area contributed by atoms with E-state index in [1.54, 1.807) is 13.2 Å². The molecular weight excluding hydrogens is 423 g/mol. The number of ether oxygens (including phenoxy) is 3. The van der Waals surface area contributed by atoms with Gasteiger partial charge in [-0.05, 0) is 31.2 Å². The molecule has 1 saturated heterocycles. The van der Waals surface area contributed by atoms with E-state index in [0.29, 0.717) is 35.1 Å². The van der Waals surface area contributed by atoms with Crippen molar-refractivity contribution >= 4 is 34.0 Å². The Morgan fingerprint density at radius 1 is 1.26 bits per heavy atom. The second kappa shape index (κ2) is 9.64. The van der Waals surface area contributed by atoms with E-state index in [9.17, 15) is 4.39 Å². The summed E-state index contributed by atoms with van der Waals surface area (Å²) in [5.41, 5.74) is 1.31. The molecule has 4 rings (SSSR count). The summed E-state index contributed by atoms with van der Waals surface area (Å²) in [5, 5.41) is 3.95. The van der Waals surface area contributed by atoms with Crippen molar-refractivity contribution in [1.29, 1.82) is 0 Å². The smallest absolute Gasteiger partial charge is 0.162 e. The minimum absolute atomic E-state index is 0.0338. The van der Waals surface area contributed by atoms with Crippen molar-refractivity contribution in [3.05, 3.63) is 47.5 Å². The predicted octanol–water partition coefficient (Wildman–Crippen LogP) is 4.27. The molecule has 164 valence electrons. The van der Waals surface area contributed by atoms with Crippen LogP contribution in [-0.2, 0) is 4.74 Å². The molecule has 9 heteroatoms. The standard InChI is InChI=1S/C22H24ClFN4O3/c1-14-12-28(5-7-30-14)6-8-31-21-10-16-19(11-20(21)29-2)25-13-26-22(16)27-15-3-4-18(24)17(23)9-15/h3-4,9-11,13-14H,5-8,12H2,1-2H3,(H,25,26,27). The SMILES string of the molecule is COc1cc2ncnc(Nc3ccc(F)c(Cl)c3)c2cc1OCCN1CCOC(C)C1. The van der Waals surface area contributed by atoms with Crippen LogP contribution in [-0.4, -0.2) is 60.9 Å². The number of anilines is 2. The number of fused-ring (bicyclic) bond motifs is 1. The number of methoxy groups -OCH3 is 1. The third-order valence-corrected chi connectivity index (χ3v) is 5.38. The highest BCUT2D eigenvalue weighted by atomic mass is 35.5. The first-order valence-corrected chi connectivity index (χ1v) is 10.4. The van der Waals surface area contributed by atoms with Gasteiger partial charge in [-0.15, -0.1) is 0 Å². The molecule has 0 aliphatic carbocycles. The number of nitrogens with one attached hydrogen (secondary N) is 1. The minimum atomic E-state index is -0.477. The maximum atomic E-state index is 13.5. The molecule has 0 radical (unpaired) electrons. The molecule has 2 heterocycles. The summed E-state index contributed by atoms with van der Waals surface area (Å²) in [6.07, 6.45) is 1.68. The normalized spacial score (nSPS) is 17.0. The number of nitrogens with zero attached hydrogens (tertiary/aromatic N) is 3. The highest BCUT2D eigenvalue weighted by molar-refractivity contribution is 6.31. The van der Waals surface area contributed by atoms with Gasteiger partial charge in [0.05, 0.1) is 30.4 Å². The van der Waals surface area contributed by atoms with Crippen LogP contribution in [0.4, 0.5) is 15.9 Å². The minimum Gasteiger partial charge on any atom is -0.493 e. The molecule has 1 aromatic heterocycles. The summed E-state index contributed by atoms with van der Waals surface area (Å²) in [6.45, 7) is 5.89. The maximum Gasteiger partial charge on any atom is 0.162 e. The Bertz CT molecular complexity index is 1070.